The van der Waals surface area contributed by atoms with Crippen LogP contribution in [0.4, 0.5) is 0 Å². The summed E-state index contributed by atoms with van der Waals surface area (Å²) in [4.78, 5) is 48.4. The number of phosphoric ester groups is 1. The van der Waals surface area contributed by atoms with Crippen LogP contribution in [0.5, 0.6) is 0 Å². The molecule has 0 radical (unpaired) electrons. The van der Waals surface area contributed by atoms with Gasteiger partial charge in [-0.15, -0.1) is 0 Å². The van der Waals surface area contributed by atoms with E-state index in [9.17, 15) is 28.9 Å². The Morgan fingerprint density at radius 2 is 0.730 bits per heavy atom. The van der Waals surface area contributed by atoms with E-state index in [1.807, 2.05) is 12.2 Å². The van der Waals surface area contributed by atoms with Gasteiger partial charge in [-0.1, -0.05) is 199 Å². The van der Waals surface area contributed by atoms with E-state index in [-0.39, 0.29) is 19.3 Å². The molecule has 0 heterocycles. The first kappa shape index (κ1) is 69.6. The summed E-state index contributed by atoms with van der Waals surface area (Å²) in [7, 11) is -4.78. The maximum absolute atomic E-state index is 12.9. The van der Waals surface area contributed by atoms with Gasteiger partial charge in [-0.05, 0) is 116 Å². The number of rotatable bonds is 50. The van der Waals surface area contributed by atoms with Gasteiger partial charge in [-0.25, -0.2) is 4.57 Å². The molecule has 0 aromatic rings. The van der Waals surface area contributed by atoms with Gasteiger partial charge in [0.15, 0.2) is 6.10 Å². The normalized spacial score (nSPS) is 14.4. The molecule has 0 spiro atoms. The van der Waals surface area contributed by atoms with E-state index < -0.39 is 64.4 Å². The van der Waals surface area contributed by atoms with Gasteiger partial charge in [-0.3, -0.25) is 23.4 Å². The number of carbonyl (C=O) groups excluding carboxylic acids is 3. The Balaban J connectivity index is 4.92. The van der Waals surface area contributed by atoms with Gasteiger partial charge in [0, 0.05) is 19.3 Å². The lowest BCUT2D eigenvalue weighted by Crippen LogP contribution is -2.30. The number of unbranched alkanes of at least 4 members (excludes halogenated alkanes) is 11. The molecule has 0 fully saturated rings. The number of carbonyl (C=O) groups is 3. The first-order chi connectivity index (χ1) is 36.2. The Morgan fingerprint density at radius 1 is 0.392 bits per heavy atom. The molecular weight excluding hydrogens is 952 g/mol. The van der Waals surface area contributed by atoms with Gasteiger partial charge < -0.3 is 24.2 Å². The van der Waals surface area contributed by atoms with Crippen molar-refractivity contribution < 1.29 is 52.2 Å². The van der Waals surface area contributed by atoms with Gasteiger partial charge in [-0.2, -0.15) is 0 Å². The molecule has 12 heteroatoms. The summed E-state index contributed by atoms with van der Waals surface area (Å²) in [5, 5.41) is 9.79. The number of aliphatic hydroxyl groups excluding tert-OH is 1. The van der Waals surface area contributed by atoms with Crippen LogP contribution in [0.3, 0.4) is 0 Å². The summed E-state index contributed by atoms with van der Waals surface area (Å²) >= 11 is 0. The topological polar surface area (TPSA) is 155 Å². The summed E-state index contributed by atoms with van der Waals surface area (Å²) in [6.07, 6.45) is 68.6. The molecule has 74 heavy (non-hydrogen) atoms. The fourth-order valence-electron chi connectivity index (χ4n) is 6.82. The molecule has 0 aliphatic carbocycles. The highest BCUT2D eigenvalue weighted by Gasteiger charge is 2.28. The number of hydrogen-bond donors (Lipinski definition) is 2. The maximum atomic E-state index is 12.9. The smallest absolute Gasteiger partial charge is 0.462 e. The largest absolute Gasteiger partial charge is 0.472 e. The van der Waals surface area contributed by atoms with E-state index in [1.165, 1.54) is 12.8 Å². The van der Waals surface area contributed by atoms with Crippen molar-refractivity contribution in [1.29, 1.82) is 0 Å². The summed E-state index contributed by atoms with van der Waals surface area (Å²) < 4.78 is 39.3. The average molecular weight is 1050 g/mol. The molecule has 3 atom stereocenters. The maximum Gasteiger partial charge on any atom is 0.472 e. The zero-order valence-corrected chi connectivity index (χ0v) is 46.9. The highest BCUT2D eigenvalue weighted by molar-refractivity contribution is 7.47. The van der Waals surface area contributed by atoms with Crippen molar-refractivity contribution in [2.24, 2.45) is 0 Å². The van der Waals surface area contributed by atoms with E-state index in [4.69, 9.17) is 23.3 Å². The molecule has 0 saturated carbocycles. The predicted molar refractivity (Wildman–Crippen MR) is 306 cm³/mol. The van der Waals surface area contributed by atoms with Crippen LogP contribution < -0.4 is 0 Å². The van der Waals surface area contributed by atoms with E-state index in [0.29, 0.717) is 19.3 Å². The minimum Gasteiger partial charge on any atom is -0.462 e. The Labute approximate surface area is 449 Å². The zero-order valence-electron chi connectivity index (χ0n) is 46.0. The molecule has 0 aromatic heterocycles. The van der Waals surface area contributed by atoms with Gasteiger partial charge in [0.1, 0.15) is 12.7 Å². The molecule has 2 N–H and O–H groups in total. The molecule has 0 aromatic carbocycles. The van der Waals surface area contributed by atoms with Crippen LogP contribution in [0.15, 0.2) is 134 Å². The molecule has 0 amide bonds. The van der Waals surface area contributed by atoms with Crippen molar-refractivity contribution in [3.05, 3.63) is 134 Å². The monoisotopic (exact) mass is 1050 g/mol. The number of esters is 3. The highest BCUT2D eigenvalue weighted by atomic mass is 31.2. The SMILES string of the molecule is CC/C=C\C/C=C\C/C=C\C/C=C\C/C=C\C/C=C\CCC(=O)OCC(COP(=O)(O)OCC(CO)OC(=O)CCCCCCC/C=C\CCCC)OC(=O)CCCCCC/C=C\C/C=C\C/C=C\C/C=C\CC. The third-order valence-electron chi connectivity index (χ3n) is 11.1. The fraction of sp³-hybridized carbons (Fsp3) is 0.597. The molecule has 3 unspecified atom stereocenters. The minimum atomic E-state index is -4.78. The second-order valence-corrected chi connectivity index (χ2v) is 19.4. The third-order valence-corrected chi connectivity index (χ3v) is 12.0. The fourth-order valence-corrected chi connectivity index (χ4v) is 7.61. The standard InChI is InChI=1S/C62H99O11P/c1-4-7-10-13-16-19-22-24-26-28-29-31-32-34-37-39-42-45-48-51-60(64)69-55-59(73-62(66)53-50-47-44-41-38-35-33-30-27-25-23-20-17-14-11-8-5-2)57-71-74(67,68)70-56-58(54-63)72-61(65)52-49-46-43-40-36-21-18-15-12-9-6-3/h7-8,10-11,15-20,24-27,29,31,33-35,37,42,45,58-59,63H,4-6,9,12-14,21-23,28,30,32,36,38-41,43-44,46-57H2,1-3H3,(H,67,68)/b10-7-,11-8-,18-15-,19-16-,20-17-,26-24-,27-25-,31-29-,35-33-,37-34-,45-42-. The van der Waals surface area contributed by atoms with Crippen LogP contribution in [0.2, 0.25) is 0 Å². The van der Waals surface area contributed by atoms with Crippen LogP contribution in [-0.4, -0.2) is 66.5 Å². The van der Waals surface area contributed by atoms with Crippen LogP contribution in [0.1, 0.15) is 201 Å². The third kappa shape index (κ3) is 52.5. The molecule has 0 aliphatic rings. The van der Waals surface area contributed by atoms with E-state index >= 15 is 0 Å². The van der Waals surface area contributed by atoms with Crippen molar-refractivity contribution >= 4 is 25.7 Å². The molecule has 0 rings (SSSR count). The van der Waals surface area contributed by atoms with Crippen molar-refractivity contribution in [2.75, 3.05) is 26.4 Å². The van der Waals surface area contributed by atoms with Crippen LogP contribution in [0.25, 0.3) is 0 Å². The lowest BCUT2D eigenvalue weighted by Gasteiger charge is -2.21. The Hall–Kier alpha value is -4.38. The summed E-state index contributed by atoms with van der Waals surface area (Å²) in [5.74, 6) is -1.62. The second-order valence-electron chi connectivity index (χ2n) is 18.0. The molecule has 0 saturated heterocycles. The van der Waals surface area contributed by atoms with Crippen LogP contribution >= 0.6 is 7.82 Å². The van der Waals surface area contributed by atoms with E-state index in [2.05, 4.69) is 142 Å². The van der Waals surface area contributed by atoms with Crippen LogP contribution in [-0.2, 0) is 42.2 Å². The average Bonchev–Trinajstić information content (AvgIpc) is 3.39. The number of phosphoric acid groups is 1. The summed E-state index contributed by atoms with van der Waals surface area (Å²) in [5.41, 5.74) is 0. The Kier molecular flexibility index (Phi) is 51.6. The highest BCUT2D eigenvalue weighted by Crippen LogP contribution is 2.43. The first-order valence-corrected chi connectivity index (χ1v) is 29.6. The van der Waals surface area contributed by atoms with Crippen molar-refractivity contribution in [3.8, 4) is 0 Å². The molecular formula is C62H99O11P. The summed E-state index contributed by atoms with van der Waals surface area (Å²) in [6.45, 7) is 4.22. The second kappa shape index (κ2) is 54.9. The lowest BCUT2D eigenvalue weighted by atomic mass is 10.1. The molecule has 418 valence electrons. The minimum absolute atomic E-state index is 0.0878. The van der Waals surface area contributed by atoms with Crippen molar-refractivity contribution in [3.63, 3.8) is 0 Å². The van der Waals surface area contributed by atoms with Gasteiger partial charge >= 0.3 is 25.7 Å². The van der Waals surface area contributed by atoms with Crippen molar-refractivity contribution in [2.45, 2.75) is 213 Å². The Morgan fingerprint density at radius 3 is 1.15 bits per heavy atom. The number of aliphatic hydroxyl groups is 1. The molecule has 0 bridgehead atoms. The molecule has 0 aliphatic heterocycles. The first-order valence-electron chi connectivity index (χ1n) is 28.1. The van der Waals surface area contributed by atoms with Gasteiger partial charge in [0.25, 0.3) is 0 Å². The van der Waals surface area contributed by atoms with E-state index in [1.54, 1.807) is 0 Å². The van der Waals surface area contributed by atoms with Crippen molar-refractivity contribution in [1.82, 2.24) is 0 Å². The molecule has 11 nitrogen and oxygen atoms in total. The lowest BCUT2D eigenvalue weighted by molar-refractivity contribution is -0.161. The van der Waals surface area contributed by atoms with E-state index in [0.717, 1.165) is 128 Å². The number of ether oxygens (including phenoxy) is 3. The van der Waals surface area contributed by atoms with Crippen LogP contribution in [0, 0.1) is 0 Å². The summed E-state index contributed by atoms with van der Waals surface area (Å²) in [6, 6.07) is 0. The van der Waals surface area contributed by atoms with Gasteiger partial charge in [0.2, 0.25) is 0 Å². The predicted octanol–water partition coefficient (Wildman–Crippen LogP) is 16.6. The number of hydrogen-bond acceptors (Lipinski definition) is 10. The Bertz CT molecular complexity index is 1750. The zero-order chi connectivity index (χ0) is 54.1. The quantitative estimate of drug-likeness (QED) is 0.0197. The number of allylic oxidation sites excluding steroid dienone is 22. The van der Waals surface area contributed by atoms with Gasteiger partial charge in [0.05, 0.1) is 19.8 Å².